The smallest absolute Gasteiger partial charge is 0.265 e. The van der Waals surface area contributed by atoms with Crippen molar-refractivity contribution < 1.29 is 18.4 Å². The first-order chi connectivity index (χ1) is 13.7. The number of halogens is 1. The molecule has 4 aromatic rings. The van der Waals surface area contributed by atoms with E-state index >= 15 is 0 Å². The summed E-state index contributed by atoms with van der Waals surface area (Å²) in [4.78, 5) is 20.2. The van der Waals surface area contributed by atoms with Gasteiger partial charge in [0.25, 0.3) is 11.6 Å². The number of amides is 1. The second-order valence-electron chi connectivity index (χ2n) is 5.91. The van der Waals surface area contributed by atoms with Crippen molar-refractivity contribution in [2.75, 3.05) is 6.61 Å². The van der Waals surface area contributed by atoms with Crippen molar-refractivity contribution in [1.29, 1.82) is 0 Å². The standard InChI is InChI=1S/C20H15FN4O3/c21-15-9-5-4-8-14(15)10-22-16(26)11-27-19-17-18(13-6-2-1-3-7-13)25-28-20(17)24-12-23-19/h1-9,12H,10-11H2,(H,22,26). The van der Waals surface area contributed by atoms with Crippen molar-refractivity contribution in [1.82, 2.24) is 20.4 Å². The molecule has 140 valence electrons. The minimum atomic E-state index is -0.410. The van der Waals surface area contributed by atoms with Crippen molar-refractivity contribution in [2.45, 2.75) is 6.54 Å². The van der Waals surface area contributed by atoms with E-state index in [2.05, 4.69) is 20.4 Å². The summed E-state index contributed by atoms with van der Waals surface area (Å²) in [5.41, 5.74) is 1.99. The molecule has 0 aliphatic carbocycles. The number of rotatable bonds is 6. The average Bonchev–Trinajstić information content (AvgIpc) is 3.17. The third kappa shape index (κ3) is 3.66. The van der Waals surface area contributed by atoms with Crippen LogP contribution in [-0.4, -0.2) is 27.6 Å². The molecule has 1 amide bonds. The van der Waals surface area contributed by atoms with Crippen molar-refractivity contribution in [3.63, 3.8) is 0 Å². The van der Waals surface area contributed by atoms with Gasteiger partial charge in [-0.3, -0.25) is 4.79 Å². The highest BCUT2D eigenvalue weighted by atomic mass is 19.1. The zero-order valence-electron chi connectivity index (χ0n) is 14.6. The Labute approximate surface area is 159 Å². The maximum atomic E-state index is 13.6. The average molecular weight is 378 g/mol. The number of nitrogens with zero attached hydrogens (tertiary/aromatic N) is 3. The van der Waals surface area contributed by atoms with Crippen LogP contribution in [0, 0.1) is 5.82 Å². The van der Waals surface area contributed by atoms with Gasteiger partial charge in [-0.2, -0.15) is 4.98 Å². The van der Waals surface area contributed by atoms with Gasteiger partial charge in [-0.05, 0) is 6.07 Å². The summed E-state index contributed by atoms with van der Waals surface area (Å²) in [7, 11) is 0. The number of nitrogens with one attached hydrogen (secondary N) is 1. The number of ether oxygens (including phenoxy) is 1. The molecule has 8 heteroatoms. The molecule has 7 nitrogen and oxygen atoms in total. The number of fused-ring (bicyclic) bond motifs is 1. The Morgan fingerprint density at radius 3 is 2.68 bits per heavy atom. The van der Waals surface area contributed by atoms with Gasteiger partial charge in [0, 0.05) is 17.7 Å². The fourth-order valence-corrected chi connectivity index (χ4v) is 2.68. The molecule has 0 aliphatic heterocycles. The van der Waals surface area contributed by atoms with Gasteiger partial charge in [0.2, 0.25) is 5.88 Å². The van der Waals surface area contributed by atoms with Gasteiger partial charge in [0.05, 0.1) is 0 Å². The van der Waals surface area contributed by atoms with Gasteiger partial charge >= 0.3 is 0 Å². The van der Waals surface area contributed by atoms with E-state index in [1.54, 1.807) is 18.2 Å². The first-order valence-electron chi connectivity index (χ1n) is 8.51. The van der Waals surface area contributed by atoms with Crippen LogP contribution >= 0.6 is 0 Å². The number of hydrogen-bond acceptors (Lipinski definition) is 6. The zero-order chi connectivity index (χ0) is 19.3. The Morgan fingerprint density at radius 2 is 1.86 bits per heavy atom. The van der Waals surface area contributed by atoms with E-state index in [9.17, 15) is 9.18 Å². The fraction of sp³-hybridized carbons (Fsp3) is 0.100. The first-order valence-corrected chi connectivity index (χ1v) is 8.51. The van der Waals surface area contributed by atoms with Crippen LogP contribution in [0.15, 0.2) is 65.4 Å². The van der Waals surface area contributed by atoms with Gasteiger partial charge in [-0.1, -0.05) is 53.7 Å². The van der Waals surface area contributed by atoms with Crippen LogP contribution in [0.5, 0.6) is 5.88 Å². The minimum Gasteiger partial charge on any atom is -0.467 e. The predicted molar refractivity (Wildman–Crippen MR) is 98.8 cm³/mol. The van der Waals surface area contributed by atoms with Crippen molar-refractivity contribution >= 4 is 17.0 Å². The van der Waals surface area contributed by atoms with Crippen LogP contribution in [-0.2, 0) is 11.3 Å². The molecular formula is C20H15FN4O3. The molecule has 0 saturated carbocycles. The van der Waals surface area contributed by atoms with Crippen LogP contribution in [0.4, 0.5) is 4.39 Å². The molecule has 0 bridgehead atoms. The first kappa shape index (κ1) is 17.6. The molecule has 0 atom stereocenters. The SMILES string of the molecule is O=C(COc1ncnc2onc(-c3ccccc3)c12)NCc1ccccc1F. The van der Waals surface area contributed by atoms with E-state index in [0.717, 1.165) is 5.56 Å². The Bertz CT molecular complexity index is 1110. The number of aromatic nitrogens is 3. The summed E-state index contributed by atoms with van der Waals surface area (Å²) >= 11 is 0. The molecular weight excluding hydrogens is 363 g/mol. The second kappa shape index (κ2) is 7.83. The van der Waals surface area contributed by atoms with Crippen LogP contribution in [0.25, 0.3) is 22.4 Å². The molecule has 0 saturated heterocycles. The van der Waals surface area contributed by atoms with Crippen LogP contribution in [0.1, 0.15) is 5.56 Å². The quantitative estimate of drug-likeness (QED) is 0.554. The molecule has 0 aliphatic rings. The van der Waals surface area contributed by atoms with E-state index in [4.69, 9.17) is 9.26 Å². The summed E-state index contributed by atoms with van der Waals surface area (Å²) in [6.07, 6.45) is 1.27. The molecule has 2 aromatic carbocycles. The maximum Gasteiger partial charge on any atom is 0.265 e. The number of hydrogen-bond donors (Lipinski definition) is 1. The lowest BCUT2D eigenvalue weighted by molar-refractivity contribution is -0.123. The van der Waals surface area contributed by atoms with E-state index in [1.807, 2.05) is 30.3 Å². The topological polar surface area (TPSA) is 90.1 Å². The summed E-state index contributed by atoms with van der Waals surface area (Å²) in [5.74, 6) is -0.600. The molecule has 0 fully saturated rings. The predicted octanol–water partition coefficient (Wildman–Crippen LogP) is 3.12. The molecule has 0 radical (unpaired) electrons. The number of benzene rings is 2. The lowest BCUT2D eigenvalue weighted by atomic mass is 10.1. The highest BCUT2D eigenvalue weighted by Crippen LogP contribution is 2.32. The third-order valence-electron chi connectivity index (χ3n) is 4.06. The Kier molecular flexibility index (Phi) is 4.92. The van der Waals surface area contributed by atoms with E-state index in [0.29, 0.717) is 16.6 Å². The highest BCUT2D eigenvalue weighted by molar-refractivity contribution is 5.93. The molecule has 2 heterocycles. The monoisotopic (exact) mass is 378 g/mol. The second-order valence-corrected chi connectivity index (χ2v) is 5.91. The molecule has 1 N–H and O–H groups in total. The largest absolute Gasteiger partial charge is 0.467 e. The molecule has 4 rings (SSSR count). The highest BCUT2D eigenvalue weighted by Gasteiger charge is 2.18. The van der Waals surface area contributed by atoms with Gasteiger partial charge in [0.1, 0.15) is 23.2 Å². The van der Waals surface area contributed by atoms with Crippen molar-refractivity contribution in [2.24, 2.45) is 0 Å². The van der Waals surface area contributed by atoms with Crippen LogP contribution < -0.4 is 10.1 Å². The number of carbonyl (C=O) groups is 1. The molecule has 28 heavy (non-hydrogen) atoms. The minimum absolute atomic E-state index is 0.0661. The Balaban J connectivity index is 1.48. The Hall–Kier alpha value is -3.81. The van der Waals surface area contributed by atoms with Gasteiger partial charge in [0.15, 0.2) is 6.61 Å². The van der Waals surface area contributed by atoms with Crippen LogP contribution in [0.2, 0.25) is 0 Å². The van der Waals surface area contributed by atoms with Crippen LogP contribution in [0.3, 0.4) is 0 Å². The lowest BCUT2D eigenvalue weighted by Gasteiger charge is -2.08. The van der Waals surface area contributed by atoms with Gasteiger partial charge < -0.3 is 14.6 Å². The molecule has 0 spiro atoms. The van der Waals surface area contributed by atoms with E-state index in [1.165, 1.54) is 12.4 Å². The molecule has 2 aromatic heterocycles. The fourth-order valence-electron chi connectivity index (χ4n) is 2.68. The lowest BCUT2D eigenvalue weighted by Crippen LogP contribution is -2.28. The Morgan fingerprint density at radius 1 is 1.07 bits per heavy atom. The van der Waals surface area contributed by atoms with E-state index in [-0.39, 0.29) is 30.6 Å². The maximum absolute atomic E-state index is 13.6. The van der Waals surface area contributed by atoms with Crippen molar-refractivity contribution in [3.05, 3.63) is 72.3 Å². The zero-order valence-corrected chi connectivity index (χ0v) is 14.6. The third-order valence-corrected chi connectivity index (χ3v) is 4.06. The molecule has 0 unspecified atom stereocenters. The van der Waals surface area contributed by atoms with Crippen molar-refractivity contribution in [3.8, 4) is 17.1 Å². The summed E-state index contributed by atoms with van der Waals surface area (Å²) in [5, 5.41) is 7.13. The van der Waals surface area contributed by atoms with Gasteiger partial charge in [-0.15, -0.1) is 0 Å². The number of carbonyl (C=O) groups excluding carboxylic acids is 1. The van der Waals surface area contributed by atoms with Gasteiger partial charge in [-0.25, -0.2) is 9.37 Å². The summed E-state index contributed by atoms with van der Waals surface area (Å²) in [6.45, 7) is -0.226. The van der Waals surface area contributed by atoms with E-state index < -0.39 is 5.91 Å². The normalized spacial score (nSPS) is 10.8. The summed E-state index contributed by atoms with van der Waals surface area (Å²) in [6, 6.07) is 15.6. The summed E-state index contributed by atoms with van der Waals surface area (Å²) < 4.78 is 24.4.